The molecule has 2 rings (SSSR count). The molecule has 2 aromatic rings. The lowest BCUT2D eigenvalue weighted by atomic mass is 10.2. The van der Waals surface area contributed by atoms with E-state index >= 15 is 0 Å². The van der Waals surface area contributed by atoms with Gasteiger partial charge in [-0.05, 0) is 29.8 Å². The average Bonchev–Trinajstić information content (AvgIpc) is 3.01. The summed E-state index contributed by atoms with van der Waals surface area (Å²) in [5, 5.41) is 19.5. The van der Waals surface area contributed by atoms with Crippen molar-refractivity contribution >= 4 is 11.8 Å². The molecule has 0 unspecified atom stereocenters. The molecule has 0 saturated carbocycles. The highest BCUT2D eigenvalue weighted by Crippen LogP contribution is 2.18. The van der Waals surface area contributed by atoms with Gasteiger partial charge in [0.2, 0.25) is 11.0 Å². The van der Waals surface area contributed by atoms with E-state index in [4.69, 9.17) is 4.52 Å². The minimum atomic E-state index is 0.570. The topological polar surface area (TPSA) is 94.5 Å². The highest BCUT2D eigenvalue weighted by molar-refractivity contribution is 7.98. The molecule has 0 amide bonds. The number of aromatic nitrogens is 6. The van der Waals surface area contributed by atoms with Crippen LogP contribution in [0.25, 0.3) is 0 Å². The first-order valence-corrected chi connectivity index (χ1v) is 7.52. The highest BCUT2D eigenvalue weighted by atomic mass is 32.2. The van der Waals surface area contributed by atoms with Crippen LogP contribution in [0.15, 0.2) is 9.68 Å². The summed E-state index contributed by atoms with van der Waals surface area (Å²) < 4.78 is 6.83. The number of rotatable bonds is 8. The van der Waals surface area contributed by atoms with Crippen LogP contribution in [0.5, 0.6) is 0 Å². The molecular weight excluding hydrogens is 278 g/mol. The van der Waals surface area contributed by atoms with Crippen LogP contribution in [0.1, 0.15) is 25.6 Å². The van der Waals surface area contributed by atoms with Crippen molar-refractivity contribution in [1.29, 1.82) is 0 Å². The molecule has 0 saturated heterocycles. The lowest BCUT2D eigenvalue weighted by Gasteiger charge is -2.07. The largest absolute Gasteiger partial charge is 0.338 e. The number of tetrazole rings is 1. The zero-order valence-electron chi connectivity index (χ0n) is 11.9. The number of nitrogens with zero attached hydrogens (tertiary/aromatic N) is 6. The number of thioether (sulfide) groups is 1. The fourth-order valence-corrected chi connectivity index (χ4v) is 2.28. The Labute approximate surface area is 121 Å². The van der Waals surface area contributed by atoms with Crippen LogP contribution in [-0.2, 0) is 12.3 Å². The van der Waals surface area contributed by atoms with Crippen molar-refractivity contribution in [2.24, 2.45) is 5.92 Å². The van der Waals surface area contributed by atoms with Crippen LogP contribution < -0.4 is 5.32 Å². The predicted octanol–water partition coefficient (Wildman–Crippen LogP) is 0.902. The van der Waals surface area contributed by atoms with E-state index in [-0.39, 0.29) is 0 Å². The second kappa shape index (κ2) is 7.34. The predicted molar refractivity (Wildman–Crippen MR) is 74.1 cm³/mol. The Balaban J connectivity index is 1.79. The fourth-order valence-electron chi connectivity index (χ4n) is 1.54. The molecule has 0 atom stereocenters. The van der Waals surface area contributed by atoms with Crippen molar-refractivity contribution in [3.8, 4) is 0 Å². The second-order valence-corrected chi connectivity index (χ2v) is 5.75. The summed E-state index contributed by atoms with van der Waals surface area (Å²) in [6.45, 7) is 8.73. The molecule has 0 aliphatic heterocycles. The van der Waals surface area contributed by atoms with E-state index in [1.807, 2.05) is 0 Å². The van der Waals surface area contributed by atoms with E-state index in [0.29, 0.717) is 23.4 Å². The molecule has 0 fully saturated rings. The van der Waals surface area contributed by atoms with Crippen molar-refractivity contribution in [2.45, 2.75) is 38.2 Å². The Morgan fingerprint density at radius 3 is 2.95 bits per heavy atom. The van der Waals surface area contributed by atoms with E-state index < -0.39 is 0 Å². The normalized spacial score (nSPS) is 11.4. The summed E-state index contributed by atoms with van der Waals surface area (Å²) in [5.41, 5.74) is 0. The number of nitrogens with one attached hydrogen (secondary N) is 1. The average molecular weight is 297 g/mol. The van der Waals surface area contributed by atoms with Gasteiger partial charge in [-0.25, -0.2) is 4.68 Å². The first-order valence-electron chi connectivity index (χ1n) is 6.54. The SMILES string of the molecule is Cc1noc(CSc2nnnn2CCNCC(C)C)n1. The second-order valence-electron chi connectivity index (χ2n) is 4.81. The minimum absolute atomic E-state index is 0.570. The maximum Gasteiger partial charge on any atom is 0.237 e. The molecule has 8 nitrogen and oxygen atoms in total. The quantitative estimate of drug-likeness (QED) is 0.567. The van der Waals surface area contributed by atoms with Crippen LogP contribution in [-0.4, -0.2) is 43.4 Å². The third-order valence-electron chi connectivity index (χ3n) is 2.45. The van der Waals surface area contributed by atoms with Gasteiger partial charge in [0.05, 0.1) is 12.3 Å². The van der Waals surface area contributed by atoms with Crippen LogP contribution in [0.2, 0.25) is 0 Å². The van der Waals surface area contributed by atoms with Gasteiger partial charge in [-0.1, -0.05) is 30.8 Å². The van der Waals surface area contributed by atoms with E-state index in [2.05, 4.69) is 44.8 Å². The van der Waals surface area contributed by atoms with Gasteiger partial charge in [0, 0.05) is 6.54 Å². The smallest absolute Gasteiger partial charge is 0.237 e. The third-order valence-corrected chi connectivity index (χ3v) is 3.39. The third kappa shape index (κ3) is 4.57. The van der Waals surface area contributed by atoms with Gasteiger partial charge in [0.25, 0.3) is 0 Å². The molecule has 9 heteroatoms. The molecular formula is C11H19N7OS. The first kappa shape index (κ1) is 14.9. The van der Waals surface area contributed by atoms with Crippen molar-refractivity contribution in [3.05, 3.63) is 11.7 Å². The molecule has 20 heavy (non-hydrogen) atoms. The Morgan fingerprint density at radius 1 is 1.40 bits per heavy atom. The van der Waals surface area contributed by atoms with Gasteiger partial charge in [-0.2, -0.15) is 4.98 Å². The summed E-state index contributed by atoms with van der Waals surface area (Å²) in [5.74, 6) is 2.43. The van der Waals surface area contributed by atoms with Crippen LogP contribution in [0, 0.1) is 12.8 Å². The monoisotopic (exact) mass is 297 g/mol. The first-order chi connectivity index (χ1) is 9.65. The van der Waals surface area contributed by atoms with Crippen molar-refractivity contribution in [3.63, 3.8) is 0 Å². The van der Waals surface area contributed by atoms with E-state index in [9.17, 15) is 0 Å². The standard InChI is InChI=1S/C11H19N7OS/c1-8(2)6-12-4-5-18-11(14-16-17-18)20-7-10-13-9(3)15-19-10/h8,12H,4-7H2,1-3H3. The van der Waals surface area contributed by atoms with Gasteiger partial charge in [-0.15, -0.1) is 5.10 Å². The molecule has 0 aliphatic carbocycles. The Bertz CT molecular complexity index is 524. The minimum Gasteiger partial charge on any atom is -0.338 e. The highest BCUT2D eigenvalue weighted by Gasteiger charge is 2.10. The number of hydrogen-bond acceptors (Lipinski definition) is 8. The summed E-state index contributed by atoms with van der Waals surface area (Å²) in [6.07, 6.45) is 0. The maximum absolute atomic E-state index is 5.06. The summed E-state index contributed by atoms with van der Waals surface area (Å²) in [4.78, 5) is 4.15. The molecule has 110 valence electrons. The van der Waals surface area contributed by atoms with Crippen LogP contribution >= 0.6 is 11.8 Å². The number of aryl methyl sites for hydroxylation is 1. The molecule has 0 radical (unpaired) electrons. The van der Waals surface area contributed by atoms with E-state index in [1.54, 1.807) is 11.6 Å². The number of hydrogen-bond donors (Lipinski definition) is 1. The molecule has 0 aromatic carbocycles. The summed E-state index contributed by atoms with van der Waals surface area (Å²) in [7, 11) is 0. The molecule has 0 bridgehead atoms. The van der Waals surface area contributed by atoms with Crippen LogP contribution in [0.4, 0.5) is 0 Å². The molecule has 0 spiro atoms. The summed E-state index contributed by atoms with van der Waals surface area (Å²) in [6, 6.07) is 0. The Hall–Kier alpha value is -1.48. The van der Waals surface area contributed by atoms with Gasteiger partial charge in [-0.3, -0.25) is 0 Å². The maximum atomic E-state index is 5.06. The van der Waals surface area contributed by atoms with Gasteiger partial charge in [0.1, 0.15) is 0 Å². The zero-order valence-corrected chi connectivity index (χ0v) is 12.7. The van der Waals surface area contributed by atoms with Crippen LogP contribution in [0.3, 0.4) is 0 Å². The Morgan fingerprint density at radius 2 is 2.25 bits per heavy atom. The van der Waals surface area contributed by atoms with Gasteiger partial charge >= 0.3 is 0 Å². The van der Waals surface area contributed by atoms with Gasteiger partial charge < -0.3 is 9.84 Å². The van der Waals surface area contributed by atoms with Crippen molar-refractivity contribution < 1.29 is 4.52 Å². The lowest BCUT2D eigenvalue weighted by Crippen LogP contribution is -2.24. The van der Waals surface area contributed by atoms with Gasteiger partial charge in [0.15, 0.2) is 5.82 Å². The molecule has 2 heterocycles. The molecule has 2 aromatic heterocycles. The van der Waals surface area contributed by atoms with E-state index in [0.717, 1.165) is 24.8 Å². The molecule has 1 N–H and O–H groups in total. The Kier molecular flexibility index (Phi) is 5.48. The lowest BCUT2D eigenvalue weighted by molar-refractivity contribution is 0.386. The van der Waals surface area contributed by atoms with Crippen molar-refractivity contribution in [2.75, 3.05) is 13.1 Å². The fraction of sp³-hybridized carbons (Fsp3) is 0.727. The molecule has 0 aliphatic rings. The van der Waals surface area contributed by atoms with Crippen molar-refractivity contribution in [1.82, 2.24) is 35.7 Å². The summed E-state index contributed by atoms with van der Waals surface area (Å²) >= 11 is 1.49. The zero-order chi connectivity index (χ0) is 14.4. The van der Waals surface area contributed by atoms with E-state index in [1.165, 1.54) is 11.8 Å².